The van der Waals surface area contributed by atoms with Crippen molar-refractivity contribution in [1.29, 1.82) is 0 Å². The van der Waals surface area contributed by atoms with Crippen molar-refractivity contribution in [3.63, 3.8) is 0 Å². The van der Waals surface area contributed by atoms with E-state index in [9.17, 15) is 4.79 Å². The second-order valence-electron chi connectivity index (χ2n) is 3.88. The van der Waals surface area contributed by atoms with Gasteiger partial charge in [0.1, 0.15) is 5.82 Å². The molecular weight excluding hydrogens is 308 g/mol. The third kappa shape index (κ3) is 2.22. The molecule has 5 nitrogen and oxygen atoms in total. The molecule has 0 atom stereocenters. The quantitative estimate of drug-likeness (QED) is 0.790. The summed E-state index contributed by atoms with van der Waals surface area (Å²) in [5.74, 6) is 0.253. The largest absolute Gasteiger partial charge is 0.306 e. The number of nitrogens with zero attached hydrogens (tertiary/aromatic N) is 3. The molecule has 3 aromatic rings. The third-order valence-corrected chi connectivity index (χ3v) is 3.30. The zero-order chi connectivity index (χ0) is 13.2. The number of halogens is 1. The Hall–Kier alpha value is -2.21. The van der Waals surface area contributed by atoms with Crippen LogP contribution < -0.4 is 5.32 Å². The molecule has 0 unspecified atom stereocenters. The normalized spacial score (nSPS) is 10.6. The van der Waals surface area contributed by atoms with Crippen molar-refractivity contribution in [3.8, 4) is 0 Å². The van der Waals surface area contributed by atoms with Crippen molar-refractivity contribution >= 4 is 33.2 Å². The smallest absolute Gasteiger partial charge is 0.260 e. The standard InChI is InChI=1S/C13H9BrN4O/c14-10-4-3-6-15-12(10)17-13(19)9-8-16-18-7-2-1-5-11(9)18/h1-8H,(H,15,17,19). The van der Waals surface area contributed by atoms with E-state index in [4.69, 9.17) is 0 Å². The summed E-state index contributed by atoms with van der Waals surface area (Å²) in [7, 11) is 0. The number of fused-ring (bicyclic) bond motifs is 1. The molecule has 1 amide bonds. The Morgan fingerprint density at radius 1 is 1.26 bits per heavy atom. The van der Waals surface area contributed by atoms with E-state index in [1.54, 1.807) is 29.2 Å². The van der Waals surface area contributed by atoms with Gasteiger partial charge in [-0.2, -0.15) is 5.10 Å². The number of rotatable bonds is 2. The minimum atomic E-state index is -0.236. The van der Waals surface area contributed by atoms with Crippen LogP contribution in [0, 0.1) is 0 Å². The molecule has 0 saturated heterocycles. The number of anilines is 1. The first-order valence-electron chi connectivity index (χ1n) is 5.60. The van der Waals surface area contributed by atoms with Crippen LogP contribution in [-0.4, -0.2) is 20.5 Å². The number of aromatic nitrogens is 3. The Bertz CT molecular complexity index is 753. The lowest BCUT2D eigenvalue weighted by atomic mass is 10.2. The summed E-state index contributed by atoms with van der Waals surface area (Å²) in [5.41, 5.74) is 1.27. The summed E-state index contributed by atoms with van der Waals surface area (Å²) in [6.07, 6.45) is 4.96. The Kier molecular flexibility index (Phi) is 3.00. The van der Waals surface area contributed by atoms with Crippen molar-refractivity contribution in [1.82, 2.24) is 14.6 Å². The molecule has 3 rings (SSSR count). The van der Waals surface area contributed by atoms with Gasteiger partial charge in [-0.15, -0.1) is 0 Å². The first-order chi connectivity index (χ1) is 9.25. The number of hydrogen-bond donors (Lipinski definition) is 1. The van der Waals surface area contributed by atoms with E-state index in [-0.39, 0.29) is 5.91 Å². The van der Waals surface area contributed by atoms with Crippen LogP contribution in [0.5, 0.6) is 0 Å². The second-order valence-corrected chi connectivity index (χ2v) is 4.73. The Morgan fingerprint density at radius 2 is 2.16 bits per heavy atom. The van der Waals surface area contributed by atoms with Crippen molar-refractivity contribution in [2.24, 2.45) is 0 Å². The van der Waals surface area contributed by atoms with E-state index < -0.39 is 0 Å². The van der Waals surface area contributed by atoms with Crippen LogP contribution in [0.4, 0.5) is 5.82 Å². The summed E-state index contributed by atoms with van der Waals surface area (Å²) in [4.78, 5) is 16.3. The molecule has 0 spiro atoms. The molecule has 1 N–H and O–H groups in total. The number of amides is 1. The van der Waals surface area contributed by atoms with Gasteiger partial charge in [-0.1, -0.05) is 6.07 Å². The first kappa shape index (κ1) is 11.9. The highest BCUT2D eigenvalue weighted by Gasteiger charge is 2.13. The van der Waals surface area contributed by atoms with Gasteiger partial charge in [0.25, 0.3) is 5.91 Å². The molecule has 0 aliphatic carbocycles. The van der Waals surface area contributed by atoms with Crippen molar-refractivity contribution in [3.05, 3.63) is 59.0 Å². The average molecular weight is 317 g/mol. The molecule has 0 bridgehead atoms. The fraction of sp³-hybridized carbons (Fsp3) is 0. The molecule has 6 heteroatoms. The number of carbonyl (C=O) groups excluding carboxylic acids is 1. The molecule has 0 aliphatic heterocycles. The van der Waals surface area contributed by atoms with Gasteiger partial charge >= 0.3 is 0 Å². The van der Waals surface area contributed by atoms with Crippen molar-refractivity contribution in [2.45, 2.75) is 0 Å². The maximum atomic E-state index is 12.2. The van der Waals surface area contributed by atoms with Gasteiger partial charge in [0.15, 0.2) is 0 Å². The van der Waals surface area contributed by atoms with Gasteiger partial charge in [-0.25, -0.2) is 9.50 Å². The van der Waals surface area contributed by atoms with Crippen LogP contribution in [0.15, 0.2) is 53.4 Å². The van der Waals surface area contributed by atoms with E-state index in [1.807, 2.05) is 24.3 Å². The Morgan fingerprint density at radius 3 is 3.00 bits per heavy atom. The molecule has 3 aromatic heterocycles. The van der Waals surface area contributed by atoms with Crippen LogP contribution in [0.1, 0.15) is 10.4 Å². The average Bonchev–Trinajstić information content (AvgIpc) is 2.85. The fourth-order valence-corrected chi connectivity index (χ4v) is 2.12. The van der Waals surface area contributed by atoms with Gasteiger partial charge in [0.2, 0.25) is 0 Å². The van der Waals surface area contributed by atoms with Crippen LogP contribution in [0.2, 0.25) is 0 Å². The SMILES string of the molecule is O=C(Nc1ncccc1Br)c1cnn2ccccc12. The van der Waals surface area contributed by atoms with E-state index >= 15 is 0 Å². The third-order valence-electron chi connectivity index (χ3n) is 2.66. The predicted molar refractivity (Wildman–Crippen MR) is 75.1 cm³/mol. The molecule has 0 radical (unpaired) electrons. The molecule has 19 heavy (non-hydrogen) atoms. The first-order valence-corrected chi connectivity index (χ1v) is 6.39. The van der Waals surface area contributed by atoms with Crippen LogP contribution in [0.25, 0.3) is 5.52 Å². The van der Waals surface area contributed by atoms with Crippen LogP contribution in [0.3, 0.4) is 0 Å². The summed E-state index contributed by atoms with van der Waals surface area (Å²) < 4.78 is 2.39. The minimum Gasteiger partial charge on any atom is -0.306 e. The van der Waals surface area contributed by atoms with Crippen LogP contribution >= 0.6 is 15.9 Å². The molecule has 3 heterocycles. The maximum Gasteiger partial charge on any atom is 0.260 e. The topological polar surface area (TPSA) is 59.3 Å². The number of pyridine rings is 2. The number of carbonyl (C=O) groups is 1. The van der Waals surface area contributed by atoms with Crippen molar-refractivity contribution in [2.75, 3.05) is 5.32 Å². The van der Waals surface area contributed by atoms with E-state index in [0.29, 0.717) is 11.4 Å². The van der Waals surface area contributed by atoms with E-state index in [2.05, 4.69) is 31.3 Å². The lowest BCUT2D eigenvalue weighted by Gasteiger charge is -2.04. The number of hydrogen-bond acceptors (Lipinski definition) is 3. The highest BCUT2D eigenvalue weighted by atomic mass is 79.9. The highest BCUT2D eigenvalue weighted by Crippen LogP contribution is 2.20. The van der Waals surface area contributed by atoms with Gasteiger partial charge < -0.3 is 5.32 Å². The molecule has 0 aliphatic rings. The zero-order valence-electron chi connectivity index (χ0n) is 9.75. The highest BCUT2D eigenvalue weighted by molar-refractivity contribution is 9.10. The lowest BCUT2D eigenvalue weighted by Crippen LogP contribution is -2.13. The molecule has 0 fully saturated rings. The van der Waals surface area contributed by atoms with E-state index in [1.165, 1.54) is 0 Å². The second kappa shape index (κ2) is 4.81. The van der Waals surface area contributed by atoms with Crippen molar-refractivity contribution < 1.29 is 4.79 Å². The molecular formula is C13H9BrN4O. The van der Waals surface area contributed by atoms with Gasteiger partial charge in [0, 0.05) is 12.4 Å². The van der Waals surface area contributed by atoms with Gasteiger partial charge in [-0.3, -0.25) is 4.79 Å². The predicted octanol–water partition coefficient (Wildman–Crippen LogP) is 2.74. The lowest BCUT2D eigenvalue weighted by molar-refractivity contribution is 0.102. The fourth-order valence-electron chi connectivity index (χ4n) is 1.76. The summed E-state index contributed by atoms with van der Waals surface area (Å²) >= 11 is 3.34. The summed E-state index contributed by atoms with van der Waals surface area (Å²) in [5, 5.41) is 6.88. The number of nitrogens with one attached hydrogen (secondary N) is 1. The zero-order valence-corrected chi connectivity index (χ0v) is 11.3. The molecule has 0 saturated carbocycles. The minimum absolute atomic E-state index is 0.236. The maximum absolute atomic E-state index is 12.2. The van der Waals surface area contributed by atoms with Gasteiger partial charge in [-0.05, 0) is 40.2 Å². The molecule has 94 valence electrons. The van der Waals surface area contributed by atoms with Crippen LogP contribution in [-0.2, 0) is 0 Å². The monoisotopic (exact) mass is 316 g/mol. The Labute approximate surface area is 117 Å². The van der Waals surface area contributed by atoms with Gasteiger partial charge in [0.05, 0.1) is 21.7 Å². The summed E-state index contributed by atoms with van der Waals surface area (Å²) in [6.45, 7) is 0. The van der Waals surface area contributed by atoms with E-state index in [0.717, 1.165) is 9.99 Å². The molecule has 0 aromatic carbocycles. The Balaban J connectivity index is 1.95. The summed E-state index contributed by atoms with van der Waals surface area (Å²) in [6, 6.07) is 9.17.